The van der Waals surface area contributed by atoms with E-state index in [1.54, 1.807) is 0 Å². The SMILES string of the molecule is c1ccc(-c2cccc(-c3nc(-c4ccccc4)nc(-c4ccc(-c5cccc6oc7c8ccccc8c(-c8ccccc8)cc7c56)cc4)n3)c2)cc1. The molecule has 0 radical (unpaired) electrons. The van der Waals surface area contributed by atoms with Gasteiger partial charge in [0, 0.05) is 32.8 Å². The molecule has 8 aromatic carbocycles. The van der Waals surface area contributed by atoms with Gasteiger partial charge in [-0.1, -0.05) is 170 Å². The number of furan rings is 1. The molecule has 0 amide bonds. The molecule has 0 saturated heterocycles. The summed E-state index contributed by atoms with van der Waals surface area (Å²) in [6.07, 6.45) is 0. The van der Waals surface area contributed by atoms with Crippen molar-refractivity contribution in [2.75, 3.05) is 0 Å². The number of benzene rings is 8. The fourth-order valence-corrected chi connectivity index (χ4v) is 7.36. The molecule has 0 saturated carbocycles. The maximum atomic E-state index is 6.63. The van der Waals surface area contributed by atoms with Crippen LogP contribution in [0.25, 0.3) is 100 Å². The Morgan fingerprint density at radius 2 is 0.792 bits per heavy atom. The van der Waals surface area contributed by atoms with Crippen molar-refractivity contribution in [1.29, 1.82) is 0 Å². The number of hydrogen-bond acceptors (Lipinski definition) is 4. The van der Waals surface area contributed by atoms with Gasteiger partial charge < -0.3 is 4.42 Å². The Morgan fingerprint density at radius 3 is 1.49 bits per heavy atom. The van der Waals surface area contributed by atoms with E-state index >= 15 is 0 Å². The summed E-state index contributed by atoms with van der Waals surface area (Å²) in [6, 6.07) is 65.1. The van der Waals surface area contributed by atoms with E-state index in [0.29, 0.717) is 17.5 Å². The summed E-state index contributed by atoms with van der Waals surface area (Å²) in [4.78, 5) is 15.0. The summed E-state index contributed by atoms with van der Waals surface area (Å²) in [5.41, 5.74) is 11.4. The number of hydrogen-bond donors (Lipinski definition) is 0. The van der Waals surface area contributed by atoms with Crippen molar-refractivity contribution >= 4 is 32.7 Å². The molecule has 0 fully saturated rings. The maximum absolute atomic E-state index is 6.63. The van der Waals surface area contributed by atoms with Gasteiger partial charge in [0.1, 0.15) is 11.2 Å². The van der Waals surface area contributed by atoms with Crippen molar-refractivity contribution in [3.8, 4) is 67.5 Å². The van der Waals surface area contributed by atoms with Gasteiger partial charge in [-0.2, -0.15) is 0 Å². The van der Waals surface area contributed by atoms with Gasteiger partial charge in [0.2, 0.25) is 0 Å². The quantitative estimate of drug-likeness (QED) is 0.176. The van der Waals surface area contributed by atoms with Gasteiger partial charge in [-0.05, 0) is 57.0 Å². The van der Waals surface area contributed by atoms with E-state index in [1.807, 2.05) is 36.4 Å². The molecule has 10 aromatic rings. The minimum Gasteiger partial charge on any atom is -0.455 e. The van der Waals surface area contributed by atoms with Crippen LogP contribution >= 0.6 is 0 Å². The molecule has 2 heterocycles. The molecule has 2 aromatic heterocycles. The van der Waals surface area contributed by atoms with Crippen molar-refractivity contribution < 1.29 is 4.42 Å². The minimum atomic E-state index is 0.622. The van der Waals surface area contributed by atoms with E-state index in [4.69, 9.17) is 19.4 Å². The zero-order valence-corrected chi connectivity index (χ0v) is 28.6. The van der Waals surface area contributed by atoms with Gasteiger partial charge in [-0.3, -0.25) is 0 Å². The van der Waals surface area contributed by atoms with E-state index in [0.717, 1.165) is 66.3 Å². The molecule has 4 heteroatoms. The third-order valence-corrected chi connectivity index (χ3v) is 9.94. The molecule has 0 unspecified atom stereocenters. The summed E-state index contributed by atoms with van der Waals surface area (Å²) in [7, 11) is 0. The molecular formula is C49H31N3O. The molecule has 0 aliphatic heterocycles. The third kappa shape index (κ3) is 5.54. The topological polar surface area (TPSA) is 51.8 Å². The first-order valence-electron chi connectivity index (χ1n) is 17.8. The smallest absolute Gasteiger partial charge is 0.164 e. The fraction of sp³-hybridized carbons (Fsp3) is 0. The predicted molar refractivity (Wildman–Crippen MR) is 217 cm³/mol. The van der Waals surface area contributed by atoms with Gasteiger partial charge in [0.05, 0.1) is 0 Å². The van der Waals surface area contributed by atoms with E-state index in [9.17, 15) is 0 Å². The summed E-state index contributed by atoms with van der Waals surface area (Å²) in [5.74, 6) is 1.89. The predicted octanol–water partition coefficient (Wildman–Crippen LogP) is 12.9. The van der Waals surface area contributed by atoms with Crippen LogP contribution in [0.15, 0.2) is 192 Å². The normalized spacial score (nSPS) is 11.4. The monoisotopic (exact) mass is 677 g/mol. The molecule has 0 N–H and O–H groups in total. The van der Waals surface area contributed by atoms with E-state index < -0.39 is 0 Å². The largest absolute Gasteiger partial charge is 0.455 e. The second-order valence-corrected chi connectivity index (χ2v) is 13.2. The van der Waals surface area contributed by atoms with Gasteiger partial charge in [-0.15, -0.1) is 0 Å². The minimum absolute atomic E-state index is 0.622. The average Bonchev–Trinajstić information content (AvgIpc) is 3.63. The number of rotatable bonds is 6. The van der Waals surface area contributed by atoms with Gasteiger partial charge in [0.25, 0.3) is 0 Å². The standard InChI is InChI=1S/C49H31N3O/c1-4-14-32(15-5-1)37-20-12-21-38(30-37)49-51-47(35-18-8-3-9-19-35)50-48(52-49)36-28-26-34(27-29-36)39-24-13-25-44-45(39)43-31-42(33-16-6-2-7-17-33)40-22-10-11-23-41(40)46(43)53-44/h1-31H. The molecule has 4 nitrogen and oxygen atoms in total. The van der Waals surface area contributed by atoms with Crippen molar-refractivity contribution in [3.63, 3.8) is 0 Å². The van der Waals surface area contributed by atoms with Crippen LogP contribution in [0.3, 0.4) is 0 Å². The van der Waals surface area contributed by atoms with Gasteiger partial charge in [0.15, 0.2) is 17.5 Å². The highest BCUT2D eigenvalue weighted by Gasteiger charge is 2.18. The Bertz CT molecular complexity index is 2920. The molecule has 0 aliphatic carbocycles. The molecule has 10 rings (SSSR count). The Morgan fingerprint density at radius 1 is 0.302 bits per heavy atom. The molecule has 0 bridgehead atoms. The lowest BCUT2D eigenvalue weighted by molar-refractivity contribution is 0.673. The number of aromatic nitrogens is 3. The molecule has 248 valence electrons. The lowest BCUT2D eigenvalue weighted by Crippen LogP contribution is -2.00. The van der Waals surface area contributed by atoms with Gasteiger partial charge >= 0.3 is 0 Å². The zero-order chi connectivity index (χ0) is 35.1. The zero-order valence-electron chi connectivity index (χ0n) is 28.6. The summed E-state index contributed by atoms with van der Waals surface area (Å²) in [6.45, 7) is 0. The summed E-state index contributed by atoms with van der Waals surface area (Å²) < 4.78 is 6.63. The van der Waals surface area contributed by atoms with Crippen LogP contribution in [0.1, 0.15) is 0 Å². The highest BCUT2D eigenvalue weighted by atomic mass is 16.3. The van der Waals surface area contributed by atoms with Crippen LogP contribution in [0, 0.1) is 0 Å². The Labute approximate surface area is 306 Å². The second-order valence-electron chi connectivity index (χ2n) is 13.2. The summed E-state index contributed by atoms with van der Waals surface area (Å²) in [5, 5.41) is 4.49. The van der Waals surface area contributed by atoms with Crippen LogP contribution in [-0.4, -0.2) is 15.0 Å². The first-order chi connectivity index (χ1) is 26.3. The first-order valence-corrected chi connectivity index (χ1v) is 17.8. The second kappa shape index (κ2) is 12.9. The number of nitrogens with zero attached hydrogens (tertiary/aromatic N) is 3. The lowest BCUT2D eigenvalue weighted by atomic mass is 9.93. The fourth-order valence-electron chi connectivity index (χ4n) is 7.36. The molecule has 0 spiro atoms. The van der Waals surface area contributed by atoms with Crippen LogP contribution in [0.4, 0.5) is 0 Å². The maximum Gasteiger partial charge on any atom is 0.164 e. The molecule has 53 heavy (non-hydrogen) atoms. The van der Waals surface area contributed by atoms with Crippen LogP contribution < -0.4 is 0 Å². The Balaban J connectivity index is 1.10. The summed E-state index contributed by atoms with van der Waals surface area (Å²) >= 11 is 0. The van der Waals surface area contributed by atoms with Crippen LogP contribution in [0.5, 0.6) is 0 Å². The molecule has 0 atom stereocenters. The van der Waals surface area contributed by atoms with E-state index in [-0.39, 0.29) is 0 Å². The first kappa shape index (κ1) is 30.6. The van der Waals surface area contributed by atoms with Gasteiger partial charge in [-0.25, -0.2) is 15.0 Å². The van der Waals surface area contributed by atoms with Crippen molar-refractivity contribution in [3.05, 3.63) is 188 Å². The molecular weight excluding hydrogens is 647 g/mol. The highest BCUT2D eigenvalue weighted by molar-refractivity contribution is 6.22. The molecule has 0 aliphatic rings. The van der Waals surface area contributed by atoms with Crippen LogP contribution in [0.2, 0.25) is 0 Å². The van der Waals surface area contributed by atoms with E-state index in [1.165, 1.54) is 16.5 Å². The van der Waals surface area contributed by atoms with Crippen LogP contribution in [-0.2, 0) is 0 Å². The lowest BCUT2D eigenvalue weighted by Gasteiger charge is -2.11. The average molecular weight is 678 g/mol. The number of fused-ring (bicyclic) bond motifs is 5. The highest BCUT2D eigenvalue weighted by Crippen LogP contribution is 2.43. The Hall–Kier alpha value is -7.17. The van der Waals surface area contributed by atoms with Crippen molar-refractivity contribution in [2.45, 2.75) is 0 Å². The van der Waals surface area contributed by atoms with Crippen molar-refractivity contribution in [2.24, 2.45) is 0 Å². The van der Waals surface area contributed by atoms with Crippen molar-refractivity contribution in [1.82, 2.24) is 15.0 Å². The van der Waals surface area contributed by atoms with E-state index in [2.05, 4.69) is 152 Å². The third-order valence-electron chi connectivity index (χ3n) is 9.94. The Kier molecular flexibility index (Phi) is 7.43.